The van der Waals surface area contributed by atoms with Gasteiger partial charge in [-0.1, -0.05) is 5.16 Å². The van der Waals surface area contributed by atoms with Crippen LogP contribution in [0.5, 0.6) is 0 Å². The SMILES string of the molecule is CC(C)OCCN(C)C(C)CC(N)=NO. The highest BCUT2D eigenvalue weighted by Crippen LogP contribution is 2.01. The second-order valence-electron chi connectivity index (χ2n) is 4.04. The Balaban J connectivity index is 3.74. The van der Waals surface area contributed by atoms with Crippen LogP contribution in [0.25, 0.3) is 0 Å². The van der Waals surface area contributed by atoms with Gasteiger partial charge < -0.3 is 20.6 Å². The molecule has 0 aliphatic carbocycles. The molecule has 3 N–H and O–H groups in total. The summed E-state index contributed by atoms with van der Waals surface area (Å²) < 4.78 is 5.44. The highest BCUT2D eigenvalue weighted by molar-refractivity contribution is 5.80. The van der Waals surface area contributed by atoms with Crippen LogP contribution in [-0.2, 0) is 4.74 Å². The standard InChI is InChI=1S/C10H23N3O2/c1-8(2)15-6-5-13(4)9(3)7-10(11)12-14/h8-9,14H,5-7H2,1-4H3,(H2,11,12). The molecule has 90 valence electrons. The molecule has 15 heavy (non-hydrogen) atoms. The van der Waals surface area contributed by atoms with E-state index in [4.69, 9.17) is 15.7 Å². The third-order valence-electron chi connectivity index (χ3n) is 2.28. The quantitative estimate of drug-likeness (QED) is 0.287. The van der Waals surface area contributed by atoms with Gasteiger partial charge >= 0.3 is 0 Å². The van der Waals surface area contributed by atoms with Crippen LogP contribution in [0.2, 0.25) is 0 Å². The number of hydrogen-bond acceptors (Lipinski definition) is 4. The Hall–Kier alpha value is -0.810. The van der Waals surface area contributed by atoms with Crippen molar-refractivity contribution in [1.82, 2.24) is 4.90 Å². The Bertz CT molecular complexity index is 195. The molecule has 0 rings (SSSR count). The Morgan fingerprint density at radius 3 is 2.53 bits per heavy atom. The first-order valence-corrected chi connectivity index (χ1v) is 5.25. The summed E-state index contributed by atoms with van der Waals surface area (Å²) in [5.74, 6) is 0.263. The maximum atomic E-state index is 8.43. The molecule has 0 heterocycles. The number of rotatable bonds is 7. The Labute approximate surface area is 91.9 Å². The van der Waals surface area contributed by atoms with E-state index < -0.39 is 0 Å². The van der Waals surface area contributed by atoms with Crippen LogP contribution in [0.15, 0.2) is 5.16 Å². The number of nitrogens with zero attached hydrogens (tertiary/aromatic N) is 2. The molecule has 0 bridgehead atoms. The van der Waals surface area contributed by atoms with Crippen molar-refractivity contribution in [3.8, 4) is 0 Å². The molecule has 0 fully saturated rings. The zero-order valence-corrected chi connectivity index (χ0v) is 10.1. The highest BCUT2D eigenvalue weighted by Gasteiger charge is 2.10. The summed E-state index contributed by atoms with van der Waals surface area (Å²) in [6.07, 6.45) is 0.826. The zero-order valence-electron chi connectivity index (χ0n) is 10.1. The van der Waals surface area contributed by atoms with E-state index in [0.29, 0.717) is 13.0 Å². The van der Waals surface area contributed by atoms with E-state index in [2.05, 4.69) is 10.1 Å². The van der Waals surface area contributed by atoms with Crippen molar-refractivity contribution in [2.45, 2.75) is 39.3 Å². The van der Waals surface area contributed by atoms with Gasteiger partial charge in [-0.25, -0.2) is 0 Å². The predicted octanol–water partition coefficient (Wildman–Crippen LogP) is 0.868. The largest absolute Gasteiger partial charge is 0.409 e. The molecule has 0 aliphatic heterocycles. The summed E-state index contributed by atoms with van der Waals surface area (Å²) in [7, 11) is 2.00. The molecule has 0 aromatic carbocycles. The summed E-state index contributed by atoms with van der Waals surface area (Å²) in [5.41, 5.74) is 5.43. The molecule has 0 aliphatic rings. The van der Waals surface area contributed by atoms with Crippen LogP contribution >= 0.6 is 0 Å². The zero-order chi connectivity index (χ0) is 11.8. The Morgan fingerprint density at radius 2 is 2.07 bits per heavy atom. The van der Waals surface area contributed by atoms with E-state index in [9.17, 15) is 0 Å². The first-order chi connectivity index (χ1) is 6.97. The molecule has 1 atom stereocenters. The minimum Gasteiger partial charge on any atom is -0.409 e. The van der Waals surface area contributed by atoms with Gasteiger partial charge in [0.15, 0.2) is 0 Å². The number of ether oxygens (including phenoxy) is 1. The van der Waals surface area contributed by atoms with Gasteiger partial charge in [0.25, 0.3) is 0 Å². The maximum absolute atomic E-state index is 8.43. The van der Waals surface area contributed by atoms with Crippen LogP contribution in [0, 0.1) is 0 Å². The monoisotopic (exact) mass is 217 g/mol. The maximum Gasteiger partial charge on any atom is 0.140 e. The van der Waals surface area contributed by atoms with Crippen molar-refractivity contribution >= 4 is 5.84 Å². The van der Waals surface area contributed by atoms with Crippen molar-refractivity contribution in [3.63, 3.8) is 0 Å². The normalized spacial score (nSPS) is 14.9. The minimum absolute atomic E-state index is 0.247. The second-order valence-corrected chi connectivity index (χ2v) is 4.04. The lowest BCUT2D eigenvalue weighted by Gasteiger charge is -2.24. The van der Waals surface area contributed by atoms with E-state index in [1.54, 1.807) is 0 Å². The predicted molar refractivity (Wildman–Crippen MR) is 61.2 cm³/mol. The van der Waals surface area contributed by atoms with Gasteiger partial charge in [0, 0.05) is 19.0 Å². The van der Waals surface area contributed by atoms with Crippen LogP contribution < -0.4 is 5.73 Å². The molecule has 0 aromatic heterocycles. The van der Waals surface area contributed by atoms with E-state index in [0.717, 1.165) is 6.54 Å². The number of oxime groups is 1. The minimum atomic E-state index is 0.247. The number of nitrogens with two attached hydrogens (primary N) is 1. The van der Waals surface area contributed by atoms with E-state index in [-0.39, 0.29) is 18.0 Å². The third-order valence-corrected chi connectivity index (χ3v) is 2.28. The summed E-state index contributed by atoms with van der Waals surface area (Å²) in [6.45, 7) is 7.61. The van der Waals surface area contributed by atoms with Gasteiger partial charge in [0.05, 0.1) is 12.7 Å². The van der Waals surface area contributed by atoms with Gasteiger partial charge in [0.2, 0.25) is 0 Å². The fraction of sp³-hybridized carbons (Fsp3) is 0.900. The summed E-state index contributed by atoms with van der Waals surface area (Å²) in [6, 6.07) is 0.247. The van der Waals surface area contributed by atoms with Crippen LogP contribution in [0.4, 0.5) is 0 Å². The van der Waals surface area contributed by atoms with E-state index in [1.165, 1.54) is 0 Å². The lowest BCUT2D eigenvalue weighted by molar-refractivity contribution is 0.0578. The smallest absolute Gasteiger partial charge is 0.140 e. The van der Waals surface area contributed by atoms with Crippen LogP contribution in [-0.4, -0.2) is 48.3 Å². The Morgan fingerprint density at radius 1 is 1.47 bits per heavy atom. The molecule has 5 heteroatoms. The van der Waals surface area contributed by atoms with Gasteiger partial charge in [-0.05, 0) is 27.8 Å². The van der Waals surface area contributed by atoms with Crippen molar-refractivity contribution in [3.05, 3.63) is 0 Å². The fourth-order valence-corrected chi connectivity index (χ4v) is 1.15. The fourth-order valence-electron chi connectivity index (χ4n) is 1.15. The third kappa shape index (κ3) is 7.16. The Kier molecular flexibility index (Phi) is 7.07. The molecular weight excluding hydrogens is 194 g/mol. The molecular formula is C10H23N3O2. The van der Waals surface area contributed by atoms with Gasteiger partial charge in [-0.15, -0.1) is 0 Å². The summed E-state index contributed by atoms with van der Waals surface area (Å²) in [4.78, 5) is 2.13. The van der Waals surface area contributed by atoms with Gasteiger partial charge in [-0.3, -0.25) is 0 Å². The molecule has 0 aromatic rings. The van der Waals surface area contributed by atoms with Crippen LogP contribution in [0.1, 0.15) is 27.2 Å². The number of likely N-dealkylation sites (N-methyl/N-ethyl adjacent to an activating group) is 1. The first-order valence-electron chi connectivity index (χ1n) is 5.25. The first kappa shape index (κ1) is 14.2. The molecule has 5 nitrogen and oxygen atoms in total. The van der Waals surface area contributed by atoms with Crippen molar-refractivity contribution in [2.75, 3.05) is 20.2 Å². The molecule has 1 unspecified atom stereocenters. The molecule has 0 amide bonds. The van der Waals surface area contributed by atoms with Gasteiger partial charge in [0.1, 0.15) is 5.84 Å². The highest BCUT2D eigenvalue weighted by atomic mass is 16.5. The molecule has 0 spiro atoms. The second kappa shape index (κ2) is 7.48. The van der Waals surface area contributed by atoms with Crippen molar-refractivity contribution in [2.24, 2.45) is 10.9 Å². The lowest BCUT2D eigenvalue weighted by atomic mass is 10.2. The summed E-state index contributed by atoms with van der Waals surface area (Å²) in [5, 5.41) is 11.4. The number of hydrogen-bond donors (Lipinski definition) is 2. The molecule has 0 saturated heterocycles. The van der Waals surface area contributed by atoms with Crippen LogP contribution in [0.3, 0.4) is 0 Å². The van der Waals surface area contributed by atoms with Crippen molar-refractivity contribution < 1.29 is 9.94 Å². The number of amidine groups is 1. The van der Waals surface area contributed by atoms with E-state index >= 15 is 0 Å². The average Bonchev–Trinajstić information content (AvgIpc) is 2.16. The average molecular weight is 217 g/mol. The van der Waals surface area contributed by atoms with Gasteiger partial charge in [-0.2, -0.15) is 0 Å². The summed E-state index contributed by atoms with van der Waals surface area (Å²) >= 11 is 0. The lowest BCUT2D eigenvalue weighted by Crippen LogP contribution is -2.35. The molecule has 0 saturated carbocycles. The van der Waals surface area contributed by atoms with E-state index in [1.807, 2.05) is 27.8 Å². The van der Waals surface area contributed by atoms with Crippen molar-refractivity contribution in [1.29, 1.82) is 0 Å². The topological polar surface area (TPSA) is 71.1 Å². The molecule has 0 radical (unpaired) electrons.